The second-order valence-corrected chi connectivity index (χ2v) is 6.62. The van der Waals surface area contributed by atoms with E-state index in [9.17, 15) is 4.79 Å². The van der Waals surface area contributed by atoms with Crippen molar-refractivity contribution in [2.24, 2.45) is 0 Å². The van der Waals surface area contributed by atoms with Crippen molar-refractivity contribution in [1.82, 2.24) is 15.1 Å². The molecule has 2 aliphatic rings. The number of piperidine rings is 1. The van der Waals surface area contributed by atoms with Gasteiger partial charge in [-0.25, -0.2) is 4.79 Å². The highest BCUT2D eigenvalue weighted by molar-refractivity contribution is 6.30. The van der Waals surface area contributed by atoms with Crippen molar-refractivity contribution in [3.8, 4) is 5.75 Å². The number of urea groups is 1. The molecule has 0 aliphatic carbocycles. The maximum atomic E-state index is 11.8. The lowest BCUT2D eigenvalue weighted by Crippen LogP contribution is -2.49. The number of nitrogens with zero attached hydrogens (tertiary/aromatic N) is 2. The molecule has 0 spiro atoms. The molecule has 2 heterocycles. The molecule has 6 heteroatoms. The first kappa shape index (κ1) is 16.4. The molecule has 0 saturated carbocycles. The zero-order valence-electron chi connectivity index (χ0n) is 13.3. The molecule has 2 amide bonds. The van der Waals surface area contributed by atoms with Crippen LogP contribution >= 0.6 is 11.6 Å². The zero-order valence-corrected chi connectivity index (χ0v) is 14.1. The summed E-state index contributed by atoms with van der Waals surface area (Å²) in [6.07, 6.45) is 3.25. The molecular weight excluding hydrogens is 314 g/mol. The van der Waals surface area contributed by atoms with Gasteiger partial charge in [0, 0.05) is 37.2 Å². The molecule has 2 saturated heterocycles. The van der Waals surface area contributed by atoms with E-state index in [0.717, 1.165) is 57.7 Å². The Hall–Kier alpha value is -1.46. The molecule has 1 aromatic carbocycles. The highest BCUT2D eigenvalue weighted by atomic mass is 35.5. The summed E-state index contributed by atoms with van der Waals surface area (Å²) in [5.74, 6) is 0.822. The van der Waals surface area contributed by atoms with E-state index in [1.54, 1.807) is 0 Å². The lowest BCUT2D eigenvalue weighted by Gasteiger charge is -2.37. The lowest BCUT2D eigenvalue weighted by molar-refractivity contribution is 0.121. The molecule has 0 bridgehead atoms. The molecule has 0 radical (unpaired) electrons. The summed E-state index contributed by atoms with van der Waals surface area (Å²) in [5.41, 5.74) is 0. The number of hydrogen-bond donors (Lipinski definition) is 1. The highest BCUT2D eigenvalue weighted by Crippen LogP contribution is 2.19. The molecule has 5 nitrogen and oxygen atoms in total. The van der Waals surface area contributed by atoms with Crippen LogP contribution in [-0.2, 0) is 0 Å². The second-order valence-electron chi connectivity index (χ2n) is 6.18. The third-order valence-electron chi connectivity index (χ3n) is 4.49. The van der Waals surface area contributed by atoms with Crippen molar-refractivity contribution in [1.29, 1.82) is 0 Å². The van der Waals surface area contributed by atoms with Crippen LogP contribution in [0.4, 0.5) is 4.79 Å². The Kier molecular flexibility index (Phi) is 5.62. The average Bonchev–Trinajstić information content (AvgIpc) is 2.98. The summed E-state index contributed by atoms with van der Waals surface area (Å²) in [6.45, 7) is 5.41. The molecule has 1 unspecified atom stereocenters. The molecular formula is C17H24ClN3O2. The zero-order chi connectivity index (χ0) is 16.1. The van der Waals surface area contributed by atoms with Gasteiger partial charge in [-0.1, -0.05) is 17.7 Å². The SMILES string of the molecule is O=C1NCCN1C1CCCN(CCCOc2cccc(Cl)c2)C1. The normalized spacial score (nSPS) is 22.2. The van der Waals surface area contributed by atoms with Crippen LogP contribution in [0.3, 0.4) is 0 Å². The number of benzene rings is 1. The van der Waals surface area contributed by atoms with Crippen molar-refractivity contribution in [3.63, 3.8) is 0 Å². The van der Waals surface area contributed by atoms with E-state index < -0.39 is 0 Å². The standard InChI is InChI=1S/C17H24ClN3O2/c18-14-4-1-6-16(12-14)23-11-3-9-20-8-2-5-15(13-20)21-10-7-19-17(21)22/h1,4,6,12,15H,2-3,5,7-11,13H2,(H,19,22). The Bertz CT molecular complexity index is 540. The largest absolute Gasteiger partial charge is 0.493 e. The van der Waals surface area contributed by atoms with Crippen molar-refractivity contribution in [2.45, 2.75) is 25.3 Å². The minimum absolute atomic E-state index is 0.0983. The van der Waals surface area contributed by atoms with Crippen LogP contribution in [-0.4, -0.2) is 61.2 Å². The van der Waals surface area contributed by atoms with E-state index in [1.807, 2.05) is 29.2 Å². The monoisotopic (exact) mass is 337 g/mol. The van der Waals surface area contributed by atoms with Gasteiger partial charge in [0.15, 0.2) is 0 Å². The average molecular weight is 338 g/mol. The maximum absolute atomic E-state index is 11.8. The fraction of sp³-hybridized carbons (Fsp3) is 0.588. The van der Waals surface area contributed by atoms with Crippen LogP contribution in [0.15, 0.2) is 24.3 Å². The number of rotatable bonds is 6. The van der Waals surface area contributed by atoms with Gasteiger partial charge in [0.1, 0.15) is 5.75 Å². The lowest BCUT2D eigenvalue weighted by atomic mass is 10.0. The van der Waals surface area contributed by atoms with Crippen LogP contribution in [0.5, 0.6) is 5.75 Å². The van der Waals surface area contributed by atoms with Gasteiger partial charge in [0.05, 0.1) is 6.61 Å². The molecule has 1 atom stereocenters. The van der Waals surface area contributed by atoms with Gasteiger partial charge >= 0.3 is 6.03 Å². The van der Waals surface area contributed by atoms with Gasteiger partial charge in [0.25, 0.3) is 0 Å². The fourth-order valence-corrected chi connectivity index (χ4v) is 3.54. The first-order valence-electron chi connectivity index (χ1n) is 8.37. The van der Waals surface area contributed by atoms with Crippen molar-refractivity contribution in [2.75, 3.05) is 39.3 Å². The van der Waals surface area contributed by atoms with Crippen LogP contribution < -0.4 is 10.1 Å². The van der Waals surface area contributed by atoms with Gasteiger partial charge < -0.3 is 19.9 Å². The van der Waals surface area contributed by atoms with Crippen LogP contribution in [0.2, 0.25) is 5.02 Å². The highest BCUT2D eigenvalue weighted by Gasteiger charge is 2.30. The van der Waals surface area contributed by atoms with Gasteiger partial charge in [0.2, 0.25) is 0 Å². The summed E-state index contributed by atoms with van der Waals surface area (Å²) in [7, 11) is 0. The van der Waals surface area contributed by atoms with E-state index >= 15 is 0 Å². The Morgan fingerprint density at radius 2 is 2.26 bits per heavy atom. The van der Waals surface area contributed by atoms with Crippen molar-refractivity contribution in [3.05, 3.63) is 29.3 Å². The number of amides is 2. The van der Waals surface area contributed by atoms with Crippen LogP contribution in [0.25, 0.3) is 0 Å². The van der Waals surface area contributed by atoms with E-state index in [1.165, 1.54) is 0 Å². The predicted octanol–water partition coefficient (Wildman–Crippen LogP) is 2.60. The van der Waals surface area contributed by atoms with Gasteiger partial charge in [-0.3, -0.25) is 0 Å². The first-order valence-corrected chi connectivity index (χ1v) is 8.75. The minimum atomic E-state index is 0.0983. The predicted molar refractivity (Wildman–Crippen MR) is 91.1 cm³/mol. The number of ether oxygens (including phenoxy) is 1. The summed E-state index contributed by atoms with van der Waals surface area (Å²) >= 11 is 5.94. The van der Waals surface area contributed by atoms with Crippen molar-refractivity contribution >= 4 is 17.6 Å². The molecule has 1 N–H and O–H groups in total. The number of carbonyl (C=O) groups is 1. The van der Waals surface area contributed by atoms with Crippen molar-refractivity contribution < 1.29 is 9.53 Å². The number of nitrogens with one attached hydrogen (secondary N) is 1. The third-order valence-corrected chi connectivity index (χ3v) is 4.73. The number of halogens is 1. The molecule has 3 rings (SSSR count). The molecule has 0 aromatic heterocycles. The maximum Gasteiger partial charge on any atom is 0.317 e. The minimum Gasteiger partial charge on any atom is -0.493 e. The van der Waals surface area contributed by atoms with Crippen LogP contribution in [0.1, 0.15) is 19.3 Å². The summed E-state index contributed by atoms with van der Waals surface area (Å²) in [6, 6.07) is 7.96. The Morgan fingerprint density at radius 3 is 3.04 bits per heavy atom. The Balaban J connectivity index is 1.39. The molecule has 1 aromatic rings. The molecule has 2 fully saturated rings. The van der Waals surface area contributed by atoms with Gasteiger partial charge in [-0.15, -0.1) is 0 Å². The molecule has 23 heavy (non-hydrogen) atoms. The topological polar surface area (TPSA) is 44.8 Å². The molecule has 2 aliphatic heterocycles. The number of carbonyl (C=O) groups excluding carboxylic acids is 1. The van der Waals surface area contributed by atoms with Crippen LogP contribution in [0, 0.1) is 0 Å². The third kappa shape index (κ3) is 4.52. The van der Waals surface area contributed by atoms with E-state index in [0.29, 0.717) is 17.7 Å². The quantitative estimate of drug-likeness (QED) is 0.812. The molecule has 126 valence electrons. The summed E-state index contributed by atoms with van der Waals surface area (Å²) < 4.78 is 5.74. The van der Waals surface area contributed by atoms with Gasteiger partial charge in [-0.05, 0) is 44.0 Å². The van der Waals surface area contributed by atoms with E-state index in [-0.39, 0.29) is 6.03 Å². The van der Waals surface area contributed by atoms with E-state index in [4.69, 9.17) is 16.3 Å². The summed E-state index contributed by atoms with van der Waals surface area (Å²) in [5, 5.41) is 3.59. The number of hydrogen-bond acceptors (Lipinski definition) is 3. The Morgan fingerprint density at radius 1 is 1.35 bits per heavy atom. The Labute approximate surface area is 142 Å². The fourth-order valence-electron chi connectivity index (χ4n) is 3.36. The van der Waals surface area contributed by atoms with E-state index in [2.05, 4.69) is 10.2 Å². The first-order chi connectivity index (χ1) is 11.2. The summed E-state index contributed by atoms with van der Waals surface area (Å²) in [4.78, 5) is 16.2. The smallest absolute Gasteiger partial charge is 0.317 e. The van der Waals surface area contributed by atoms with Gasteiger partial charge in [-0.2, -0.15) is 0 Å². The second kappa shape index (κ2) is 7.88. The number of likely N-dealkylation sites (tertiary alicyclic amines) is 1.